The summed E-state index contributed by atoms with van der Waals surface area (Å²) in [6.07, 6.45) is 1.09. The van der Waals surface area contributed by atoms with Crippen molar-refractivity contribution in [2.24, 2.45) is 0 Å². The topological polar surface area (TPSA) is 72.8 Å². The van der Waals surface area contributed by atoms with Crippen LogP contribution in [-0.4, -0.2) is 38.1 Å². The second-order valence-corrected chi connectivity index (χ2v) is 8.07. The predicted octanol–water partition coefficient (Wildman–Crippen LogP) is 1.09. The standard InChI is InChI=1S/C13H19BO5S/c1-12(2)13(3,4)19-14(18-12)10-7-6-9(15)8-11(10)20(5,16)17/h6-8,15H,1-5H3. The maximum absolute atomic E-state index is 11.9. The maximum Gasteiger partial charge on any atom is 0.496 e. The first-order chi connectivity index (χ1) is 8.94. The fraction of sp³-hybridized carbons (Fsp3) is 0.538. The molecule has 0 atom stereocenters. The van der Waals surface area contributed by atoms with Crippen molar-refractivity contribution in [2.75, 3.05) is 6.26 Å². The zero-order chi connectivity index (χ0) is 15.3. The lowest BCUT2D eigenvalue weighted by molar-refractivity contribution is 0.00578. The summed E-state index contributed by atoms with van der Waals surface area (Å²) >= 11 is 0. The third-order valence-corrected chi connectivity index (χ3v) is 5.06. The Kier molecular flexibility index (Phi) is 3.44. The number of benzene rings is 1. The van der Waals surface area contributed by atoms with Crippen molar-refractivity contribution in [1.29, 1.82) is 0 Å². The van der Waals surface area contributed by atoms with Crippen molar-refractivity contribution >= 4 is 22.4 Å². The van der Waals surface area contributed by atoms with E-state index in [0.717, 1.165) is 6.26 Å². The SMILES string of the molecule is CC1(C)OB(c2ccc(O)cc2S(C)(=O)=O)OC1(C)C. The molecule has 1 fully saturated rings. The van der Waals surface area contributed by atoms with Gasteiger partial charge in [-0.1, -0.05) is 6.07 Å². The van der Waals surface area contributed by atoms with Gasteiger partial charge in [0.1, 0.15) is 5.75 Å². The van der Waals surface area contributed by atoms with Crippen LogP contribution in [0.5, 0.6) is 5.75 Å². The third kappa shape index (κ3) is 2.57. The largest absolute Gasteiger partial charge is 0.508 e. The summed E-state index contributed by atoms with van der Waals surface area (Å²) in [4.78, 5) is 0.0241. The van der Waals surface area contributed by atoms with Gasteiger partial charge in [-0.05, 0) is 39.8 Å². The van der Waals surface area contributed by atoms with Gasteiger partial charge in [-0.15, -0.1) is 0 Å². The molecule has 0 bridgehead atoms. The number of rotatable bonds is 2. The quantitative estimate of drug-likeness (QED) is 0.828. The molecule has 2 rings (SSSR count). The molecule has 0 aromatic heterocycles. The van der Waals surface area contributed by atoms with Crippen molar-refractivity contribution < 1.29 is 22.8 Å². The summed E-state index contributed by atoms with van der Waals surface area (Å²) in [6.45, 7) is 7.59. The summed E-state index contributed by atoms with van der Waals surface area (Å²) in [7, 11) is -4.26. The van der Waals surface area contributed by atoms with Crippen molar-refractivity contribution in [3.63, 3.8) is 0 Å². The number of phenolic OH excluding ortho intramolecular Hbond substituents is 1. The molecule has 0 unspecified atom stereocenters. The van der Waals surface area contributed by atoms with E-state index < -0.39 is 28.2 Å². The van der Waals surface area contributed by atoms with Crippen LogP contribution in [0.15, 0.2) is 23.1 Å². The summed E-state index contributed by atoms with van der Waals surface area (Å²) in [5.74, 6) is -0.106. The van der Waals surface area contributed by atoms with Gasteiger partial charge in [0, 0.05) is 11.7 Å². The van der Waals surface area contributed by atoms with Crippen LogP contribution in [0.25, 0.3) is 0 Å². The van der Waals surface area contributed by atoms with Gasteiger partial charge in [0.25, 0.3) is 0 Å². The van der Waals surface area contributed by atoms with Crippen molar-refractivity contribution in [3.05, 3.63) is 18.2 Å². The van der Waals surface area contributed by atoms with E-state index in [1.165, 1.54) is 18.2 Å². The summed E-state index contributed by atoms with van der Waals surface area (Å²) in [5, 5.41) is 9.50. The number of hydrogen-bond acceptors (Lipinski definition) is 5. The van der Waals surface area contributed by atoms with E-state index in [1.807, 2.05) is 27.7 Å². The number of phenols is 1. The van der Waals surface area contributed by atoms with Gasteiger partial charge >= 0.3 is 7.12 Å². The molecule has 7 heteroatoms. The lowest BCUT2D eigenvalue weighted by atomic mass is 9.79. The molecule has 0 spiro atoms. The van der Waals surface area contributed by atoms with Gasteiger partial charge in [0.15, 0.2) is 9.84 Å². The number of aromatic hydroxyl groups is 1. The third-order valence-electron chi connectivity index (χ3n) is 3.90. The molecule has 1 saturated heterocycles. The molecular formula is C13H19BO5S. The Balaban J connectivity index is 2.51. The molecule has 0 saturated carbocycles. The molecule has 1 aliphatic rings. The predicted molar refractivity (Wildman–Crippen MR) is 76.9 cm³/mol. The molecular weight excluding hydrogens is 279 g/mol. The van der Waals surface area contributed by atoms with E-state index >= 15 is 0 Å². The van der Waals surface area contributed by atoms with Gasteiger partial charge in [0.05, 0.1) is 16.1 Å². The molecule has 1 heterocycles. The molecule has 0 amide bonds. The highest BCUT2D eigenvalue weighted by atomic mass is 32.2. The average molecular weight is 298 g/mol. The number of sulfone groups is 1. The lowest BCUT2D eigenvalue weighted by Crippen LogP contribution is -2.41. The second-order valence-electron chi connectivity index (χ2n) is 6.08. The van der Waals surface area contributed by atoms with Crippen molar-refractivity contribution in [2.45, 2.75) is 43.8 Å². The highest BCUT2D eigenvalue weighted by Crippen LogP contribution is 2.37. The minimum atomic E-state index is -3.49. The first-order valence-corrected chi connectivity index (χ1v) is 8.22. The van der Waals surface area contributed by atoms with Crippen LogP contribution >= 0.6 is 0 Å². The molecule has 1 aliphatic heterocycles. The van der Waals surface area contributed by atoms with Crippen LogP contribution in [0.4, 0.5) is 0 Å². The van der Waals surface area contributed by atoms with Crippen LogP contribution in [0.1, 0.15) is 27.7 Å². The van der Waals surface area contributed by atoms with Gasteiger partial charge in [-0.2, -0.15) is 0 Å². The zero-order valence-electron chi connectivity index (χ0n) is 12.3. The van der Waals surface area contributed by atoms with Crippen LogP contribution in [-0.2, 0) is 19.1 Å². The smallest absolute Gasteiger partial charge is 0.496 e. The lowest BCUT2D eigenvalue weighted by Gasteiger charge is -2.32. The highest BCUT2D eigenvalue weighted by molar-refractivity contribution is 7.91. The Labute approximate surface area is 120 Å². The summed E-state index contributed by atoms with van der Waals surface area (Å²) < 4.78 is 35.4. The molecule has 110 valence electrons. The van der Waals surface area contributed by atoms with E-state index in [1.54, 1.807) is 0 Å². The van der Waals surface area contributed by atoms with Gasteiger partial charge in [-0.25, -0.2) is 8.42 Å². The molecule has 20 heavy (non-hydrogen) atoms. The zero-order valence-corrected chi connectivity index (χ0v) is 13.1. The minimum absolute atomic E-state index is 0.0241. The Morgan fingerprint density at radius 1 is 1.10 bits per heavy atom. The fourth-order valence-corrected chi connectivity index (χ4v) is 2.94. The van der Waals surface area contributed by atoms with E-state index in [-0.39, 0.29) is 10.6 Å². The van der Waals surface area contributed by atoms with E-state index in [4.69, 9.17) is 9.31 Å². The molecule has 0 radical (unpaired) electrons. The van der Waals surface area contributed by atoms with Crippen molar-refractivity contribution in [3.8, 4) is 5.75 Å². The Morgan fingerprint density at radius 2 is 1.60 bits per heavy atom. The monoisotopic (exact) mass is 298 g/mol. The van der Waals surface area contributed by atoms with Gasteiger partial charge in [0.2, 0.25) is 0 Å². The van der Waals surface area contributed by atoms with Gasteiger partial charge < -0.3 is 14.4 Å². The fourth-order valence-electron chi connectivity index (χ4n) is 2.01. The van der Waals surface area contributed by atoms with E-state index in [2.05, 4.69) is 0 Å². The van der Waals surface area contributed by atoms with E-state index in [0.29, 0.717) is 5.46 Å². The van der Waals surface area contributed by atoms with Crippen LogP contribution in [0.2, 0.25) is 0 Å². The average Bonchev–Trinajstić information content (AvgIpc) is 2.46. The van der Waals surface area contributed by atoms with Crippen LogP contribution in [0.3, 0.4) is 0 Å². The van der Waals surface area contributed by atoms with Gasteiger partial charge in [-0.3, -0.25) is 0 Å². The molecule has 1 aromatic carbocycles. The summed E-state index contributed by atoms with van der Waals surface area (Å²) in [5.41, 5.74) is -0.696. The van der Waals surface area contributed by atoms with Crippen molar-refractivity contribution in [1.82, 2.24) is 0 Å². The number of hydrogen-bond donors (Lipinski definition) is 1. The Hall–Kier alpha value is -1.05. The molecule has 5 nitrogen and oxygen atoms in total. The Morgan fingerprint density at radius 3 is 2.05 bits per heavy atom. The maximum atomic E-state index is 11.9. The first kappa shape index (κ1) is 15.3. The molecule has 1 aromatic rings. The molecule has 1 N–H and O–H groups in total. The second kappa shape index (κ2) is 4.48. The minimum Gasteiger partial charge on any atom is -0.508 e. The van der Waals surface area contributed by atoms with Crippen LogP contribution in [0, 0.1) is 0 Å². The molecule has 0 aliphatic carbocycles. The van der Waals surface area contributed by atoms with Crippen LogP contribution < -0.4 is 5.46 Å². The first-order valence-electron chi connectivity index (χ1n) is 6.33. The normalized spacial score (nSPS) is 21.1. The Bertz CT molecular complexity index is 620. The van der Waals surface area contributed by atoms with E-state index in [9.17, 15) is 13.5 Å². The summed E-state index contributed by atoms with van der Waals surface area (Å²) in [6, 6.07) is 4.17. The highest BCUT2D eigenvalue weighted by Gasteiger charge is 2.52.